The van der Waals surface area contributed by atoms with Crippen LogP contribution in [0.4, 0.5) is 0 Å². The normalized spacial score (nSPS) is 10.7. The maximum absolute atomic E-state index is 8.51. The second-order valence-electron chi connectivity index (χ2n) is 4.01. The van der Waals surface area contributed by atoms with Crippen molar-refractivity contribution >= 4 is 0 Å². The molecule has 15 heavy (non-hydrogen) atoms. The summed E-state index contributed by atoms with van der Waals surface area (Å²) in [6.45, 7) is 5.58. The molecule has 0 unspecified atom stereocenters. The van der Waals surface area contributed by atoms with Crippen LogP contribution in [0.25, 0.3) is 0 Å². The molecule has 0 amide bonds. The van der Waals surface area contributed by atoms with Gasteiger partial charge in [0.15, 0.2) is 0 Å². The molecule has 3 nitrogen and oxygen atoms in total. The predicted octanol–water partition coefficient (Wildman–Crippen LogP) is 2.59. The fourth-order valence-electron chi connectivity index (χ4n) is 1.21. The van der Waals surface area contributed by atoms with Crippen LogP contribution in [-0.4, -0.2) is 11.8 Å². The molecular weight excluding hydrogens is 190 g/mol. The fourth-order valence-corrected chi connectivity index (χ4v) is 1.21. The van der Waals surface area contributed by atoms with Crippen LogP contribution in [-0.2, 0) is 6.54 Å². The molecule has 0 radical (unpaired) electrons. The number of hydrogen-bond acceptors (Lipinski definition) is 3. The van der Waals surface area contributed by atoms with Gasteiger partial charge in [-0.2, -0.15) is 0 Å². The number of ether oxygens (including phenoxy) is 1. The van der Waals surface area contributed by atoms with Gasteiger partial charge in [0.25, 0.3) is 0 Å². The second-order valence-corrected chi connectivity index (χ2v) is 4.01. The Morgan fingerprint density at radius 2 is 1.93 bits per heavy atom. The number of benzene rings is 1. The molecule has 0 aliphatic carbocycles. The van der Waals surface area contributed by atoms with E-state index in [2.05, 4.69) is 19.3 Å². The first kappa shape index (κ1) is 12.0. The van der Waals surface area contributed by atoms with Gasteiger partial charge in [-0.15, -0.1) is 0 Å². The third-order valence-electron chi connectivity index (χ3n) is 2.17. The molecule has 3 heteroatoms. The molecule has 0 aliphatic rings. The van der Waals surface area contributed by atoms with Crippen LogP contribution in [0, 0.1) is 5.92 Å². The maximum Gasteiger partial charge on any atom is 0.119 e. The Morgan fingerprint density at radius 3 is 2.47 bits per heavy atom. The molecular formula is C12H19NO2. The highest BCUT2D eigenvalue weighted by atomic mass is 16.5. The molecule has 1 aromatic rings. The van der Waals surface area contributed by atoms with Gasteiger partial charge in [0.1, 0.15) is 5.75 Å². The summed E-state index contributed by atoms with van der Waals surface area (Å²) in [5, 5.41) is 8.51. The number of hydroxylamine groups is 1. The van der Waals surface area contributed by atoms with Crippen LogP contribution in [0.15, 0.2) is 24.3 Å². The van der Waals surface area contributed by atoms with Crippen molar-refractivity contribution in [3.63, 3.8) is 0 Å². The quantitative estimate of drug-likeness (QED) is 0.707. The van der Waals surface area contributed by atoms with Gasteiger partial charge in [0.2, 0.25) is 0 Å². The minimum absolute atomic E-state index is 0.465. The number of hydrogen-bond donors (Lipinski definition) is 2. The van der Waals surface area contributed by atoms with Crippen molar-refractivity contribution in [2.75, 3.05) is 6.61 Å². The van der Waals surface area contributed by atoms with Gasteiger partial charge in [-0.05, 0) is 30.0 Å². The summed E-state index contributed by atoms with van der Waals surface area (Å²) >= 11 is 0. The van der Waals surface area contributed by atoms with E-state index in [4.69, 9.17) is 9.94 Å². The average Bonchev–Trinajstić information content (AvgIpc) is 2.20. The van der Waals surface area contributed by atoms with E-state index in [1.54, 1.807) is 0 Å². The van der Waals surface area contributed by atoms with Crippen molar-refractivity contribution in [2.45, 2.75) is 26.8 Å². The van der Waals surface area contributed by atoms with Gasteiger partial charge < -0.3 is 9.94 Å². The first-order chi connectivity index (χ1) is 7.22. The highest BCUT2D eigenvalue weighted by molar-refractivity contribution is 5.27. The highest BCUT2D eigenvalue weighted by Gasteiger charge is 1.97. The van der Waals surface area contributed by atoms with E-state index in [9.17, 15) is 0 Å². The van der Waals surface area contributed by atoms with Crippen LogP contribution >= 0.6 is 0 Å². The Morgan fingerprint density at radius 1 is 1.27 bits per heavy atom. The minimum Gasteiger partial charge on any atom is -0.494 e. The first-order valence-electron chi connectivity index (χ1n) is 5.31. The van der Waals surface area contributed by atoms with Gasteiger partial charge in [-0.1, -0.05) is 26.0 Å². The summed E-state index contributed by atoms with van der Waals surface area (Å²) < 4.78 is 5.57. The van der Waals surface area contributed by atoms with Crippen molar-refractivity contribution in [3.8, 4) is 5.75 Å². The summed E-state index contributed by atoms with van der Waals surface area (Å²) in [7, 11) is 0. The van der Waals surface area contributed by atoms with Crippen LogP contribution in [0.3, 0.4) is 0 Å². The monoisotopic (exact) mass is 209 g/mol. The van der Waals surface area contributed by atoms with E-state index < -0.39 is 0 Å². The van der Waals surface area contributed by atoms with Crippen LogP contribution < -0.4 is 10.2 Å². The molecule has 0 aromatic heterocycles. The highest BCUT2D eigenvalue weighted by Crippen LogP contribution is 2.13. The molecule has 1 aromatic carbocycles. The van der Waals surface area contributed by atoms with Crippen molar-refractivity contribution in [1.82, 2.24) is 5.48 Å². The Balaban J connectivity index is 2.36. The summed E-state index contributed by atoms with van der Waals surface area (Å²) in [5.74, 6) is 1.56. The van der Waals surface area contributed by atoms with Crippen LogP contribution in [0.1, 0.15) is 25.8 Å². The fraction of sp³-hybridized carbons (Fsp3) is 0.500. The van der Waals surface area contributed by atoms with E-state index in [1.807, 2.05) is 24.3 Å². The predicted molar refractivity (Wildman–Crippen MR) is 60.0 cm³/mol. The molecule has 84 valence electrons. The average molecular weight is 209 g/mol. The Hall–Kier alpha value is -1.06. The van der Waals surface area contributed by atoms with Crippen LogP contribution in [0.5, 0.6) is 5.75 Å². The zero-order valence-corrected chi connectivity index (χ0v) is 9.36. The van der Waals surface area contributed by atoms with E-state index in [1.165, 1.54) is 0 Å². The summed E-state index contributed by atoms with van der Waals surface area (Å²) in [5.41, 5.74) is 3.16. The minimum atomic E-state index is 0.465. The third kappa shape index (κ3) is 4.81. The Bertz CT molecular complexity index is 269. The molecule has 1 rings (SSSR count). The SMILES string of the molecule is CC(C)CCOc1ccc(CNO)cc1. The lowest BCUT2D eigenvalue weighted by Crippen LogP contribution is -2.06. The Labute approximate surface area is 91.0 Å². The lowest BCUT2D eigenvalue weighted by Gasteiger charge is -2.08. The van der Waals surface area contributed by atoms with Crippen molar-refractivity contribution < 1.29 is 9.94 Å². The molecule has 2 N–H and O–H groups in total. The lowest BCUT2D eigenvalue weighted by atomic mass is 10.1. The lowest BCUT2D eigenvalue weighted by molar-refractivity contribution is 0.161. The van der Waals surface area contributed by atoms with E-state index in [0.717, 1.165) is 24.3 Å². The molecule has 0 bridgehead atoms. The standard InChI is InChI=1S/C12H19NO2/c1-10(2)7-8-15-12-5-3-11(4-6-12)9-13-14/h3-6,10,13-14H,7-9H2,1-2H3. The maximum atomic E-state index is 8.51. The zero-order valence-electron chi connectivity index (χ0n) is 9.36. The van der Waals surface area contributed by atoms with Gasteiger partial charge in [0, 0.05) is 6.54 Å². The first-order valence-corrected chi connectivity index (χ1v) is 5.31. The van der Waals surface area contributed by atoms with E-state index in [0.29, 0.717) is 12.5 Å². The molecule has 0 fully saturated rings. The van der Waals surface area contributed by atoms with E-state index >= 15 is 0 Å². The van der Waals surface area contributed by atoms with Crippen LogP contribution in [0.2, 0.25) is 0 Å². The number of nitrogens with one attached hydrogen (secondary N) is 1. The van der Waals surface area contributed by atoms with Crippen molar-refractivity contribution in [3.05, 3.63) is 29.8 Å². The molecule has 0 saturated heterocycles. The molecule has 0 aliphatic heterocycles. The second kappa shape index (κ2) is 6.43. The smallest absolute Gasteiger partial charge is 0.119 e. The largest absolute Gasteiger partial charge is 0.494 e. The van der Waals surface area contributed by atoms with Gasteiger partial charge in [-0.25, -0.2) is 5.48 Å². The summed E-state index contributed by atoms with van der Waals surface area (Å²) in [6.07, 6.45) is 1.07. The van der Waals surface area contributed by atoms with Crippen molar-refractivity contribution in [2.24, 2.45) is 5.92 Å². The van der Waals surface area contributed by atoms with Gasteiger partial charge in [0.05, 0.1) is 6.61 Å². The van der Waals surface area contributed by atoms with Crippen molar-refractivity contribution in [1.29, 1.82) is 0 Å². The molecule has 0 atom stereocenters. The molecule has 0 heterocycles. The van der Waals surface area contributed by atoms with E-state index in [-0.39, 0.29) is 0 Å². The summed E-state index contributed by atoms with van der Waals surface area (Å²) in [4.78, 5) is 0. The summed E-state index contributed by atoms with van der Waals surface area (Å²) in [6, 6.07) is 7.72. The topological polar surface area (TPSA) is 41.5 Å². The van der Waals surface area contributed by atoms with Gasteiger partial charge >= 0.3 is 0 Å². The zero-order chi connectivity index (χ0) is 11.1. The number of rotatable bonds is 6. The third-order valence-corrected chi connectivity index (χ3v) is 2.17. The Kier molecular flexibility index (Phi) is 5.15. The molecule has 0 saturated carbocycles. The molecule has 0 spiro atoms. The van der Waals surface area contributed by atoms with Gasteiger partial charge in [-0.3, -0.25) is 0 Å².